The highest BCUT2D eigenvalue weighted by molar-refractivity contribution is 5.45. The number of nitrogens with two attached hydrogens (primary N) is 1. The maximum atomic E-state index is 9.48. The smallest absolute Gasteiger partial charge is 0.0823 e. The molecule has 0 atom stereocenters. The molecule has 0 aliphatic heterocycles. The first kappa shape index (κ1) is 11.0. The van der Waals surface area contributed by atoms with Crippen LogP contribution < -0.4 is 5.73 Å². The first-order valence-corrected chi connectivity index (χ1v) is 5.93. The normalized spacial score (nSPS) is 29.6. The van der Waals surface area contributed by atoms with Crippen LogP contribution in [0.25, 0.3) is 0 Å². The third kappa shape index (κ3) is 1.90. The zero-order chi connectivity index (χ0) is 11.6. The molecule has 1 fully saturated rings. The van der Waals surface area contributed by atoms with Crippen molar-refractivity contribution in [2.24, 2.45) is 5.92 Å². The second-order valence-corrected chi connectivity index (χ2v) is 5.00. The molecule has 0 heterocycles. The van der Waals surface area contributed by atoms with Gasteiger partial charge < -0.3 is 5.73 Å². The summed E-state index contributed by atoms with van der Waals surface area (Å²) in [5.41, 5.74) is 7.36. The fourth-order valence-corrected chi connectivity index (χ4v) is 2.56. The Morgan fingerprint density at radius 2 is 2.06 bits per heavy atom. The van der Waals surface area contributed by atoms with Crippen molar-refractivity contribution in [1.82, 2.24) is 0 Å². The third-order valence-corrected chi connectivity index (χ3v) is 3.78. The number of benzene rings is 1. The third-order valence-electron chi connectivity index (χ3n) is 3.78. The molecular weight excluding hydrogens is 196 g/mol. The van der Waals surface area contributed by atoms with Gasteiger partial charge in [-0.25, -0.2) is 0 Å². The maximum Gasteiger partial charge on any atom is 0.0823 e. The highest BCUT2D eigenvalue weighted by atomic mass is 14.5. The van der Waals surface area contributed by atoms with Crippen molar-refractivity contribution in [1.29, 1.82) is 5.26 Å². The Labute approximate surface area is 97.1 Å². The van der Waals surface area contributed by atoms with Crippen molar-refractivity contribution in [3.05, 3.63) is 29.8 Å². The van der Waals surface area contributed by atoms with E-state index in [1.165, 1.54) is 0 Å². The van der Waals surface area contributed by atoms with Crippen LogP contribution in [0.1, 0.15) is 38.2 Å². The topological polar surface area (TPSA) is 49.8 Å². The van der Waals surface area contributed by atoms with Gasteiger partial charge in [-0.2, -0.15) is 5.26 Å². The van der Waals surface area contributed by atoms with Crippen LogP contribution >= 0.6 is 0 Å². The molecule has 1 aliphatic carbocycles. The molecule has 0 unspecified atom stereocenters. The summed E-state index contributed by atoms with van der Waals surface area (Å²) in [5, 5.41) is 9.48. The average Bonchev–Trinajstić information content (AvgIpc) is 2.31. The zero-order valence-corrected chi connectivity index (χ0v) is 9.74. The largest absolute Gasteiger partial charge is 0.399 e. The monoisotopic (exact) mass is 214 g/mol. The first-order chi connectivity index (χ1) is 7.66. The SMILES string of the molecule is CC1CCC(C#N)(c2cccc(N)c2)CC1. The Balaban J connectivity index is 2.32. The number of nitriles is 1. The molecule has 0 amide bonds. The van der Waals surface area contributed by atoms with Crippen molar-refractivity contribution < 1.29 is 0 Å². The Morgan fingerprint density at radius 3 is 2.62 bits per heavy atom. The lowest BCUT2D eigenvalue weighted by molar-refractivity contribution is 0.294. The highest BCUT2D eigenvalue weighted by Crippen LogP contribution is 2.41. The van der Waals surface area contributed by atoms with Crippen LogP contribution in [0.15, 0.2) is 24.3 Å². The summed E-state index contributed by atoms with van der Waals surface area (Å²) in [6.07, 6.45) is 4.22. The van der Waals surface area contributed by atoms with Crippen LogP contribution in [-0.4, -0.2) is 0 Å². The summed E-state index contributed by atoms with van der Waals surface area (Å²) in [6, 6.07) is 10.3. The molecule has 84 valence electrons. The molecule has 2 heteroatoms. The Hall–Kier alpha value is -1.49. The Bertz CT molecular complexity index is 409. The maximum absolute atomic E-state index is 9.48. The molecule has 0 bridgehead atoms. The number of anilines is 1. The van der Waals surface area contributed by atoms with Gasteiger partial charge >= 0.3 is 0 Å². The molecule has 0 saturated heterocycles. The summed E-state index contributed by atoms with van der Waals surface area (Å²) in [6.45, 7) is 2.26. The average molecular weight is 214 g/mol. The summed E-state index contributed by atoms with van der Waals surface area (Å²) in [7, 11) is 0. The molecule has 1 aromatic rings. The minimum atomic E-state index is -0.290. The van der Waals surface area contributed by atoms with Gasteiger partial charge in [0.1, 0.15) is 0 Å². The first-order valence-electron chi connectivity index (χ1n) is 5.93. The zero-order valence-electron chi connectivity index (χ0n) is 9.74. The number of hydrogen-bond acceptors (Lipinski definition) is 2. The lowest BCUT2D eigenvalue weighted by Crippen LogP contribution is -2.29. The van der Waals surface area contributed by atoms with Gasteiger partial charge in [0.05, 0.1) is 11.5 Å². The van der Waals surface area contributed by atoms with Gasteiger partial charge in [-0.05, 0) is 49.3 Å². The van der Waals surface area contributed by atoms with Crippen LogP contribution in [0.3, 0.4) is 0 Å². The summed E-state index contributed by atoms with van der Waals surface area (Å²) >= 11 is 0. The van der Waals surface area contributed by atoms with E-state index in [9.17, 15) is 5.26 Å². The fraction of sp³-hybridized carbons (Fsp3) is 0.500. The van der Waals surface area contributed by atoms with Crippen molar-refractivity contribution in [2.75, 3.05) is 5.73 Å². The second-order valence-electron chi connectivity index (χ2n) is 5.00. The molecule has 0 spiro atoms. The summed E-state index contributed by atoms with van der Waals surface area (Å²) in [4.78, 5) is 0. The minimum Gasteiger partial charge on any atom is -0.399 e. The predicted octanol–water partition coefficient (Wildman–Crippen LogP) is 3.24. The van der Waals surface area contributed by atoms with Gasteiger partial charge in [-0.3, -0.25) is 0 Å². The quantitative estimate of drug-likeness (QED) is 0.729. The number of nitrogens with zero attached hydrogens (tertiary/aromatic N) is 1. The van der Waals surface area contributed by atoms with Crippen molar-refractivity contribution in [3.63, 3.8) is 0 Å². The lowest BCUT2D eigenvalue weighted by atomic mass is 9.68. The molecule has 16 heavy (non-hydrogen) atoms. The van der Waals surface area contributed by atoms with Gasteiger partial charge in [-0.15, -0.1) is 0 Å². The van der Waals surface area contributed by atoms with E-state index < -0.39 is 0 Å². The predicted molar refractivity (Wildman–Crippen MR) is 65.8 cm³/mol. The van der Waals surface area contributed by atoms with E-state index in [0.29, 0.717) is 0 Å². The molecule has 1 aliphatic rings. The van der Waals surface area contributed by atoms with E-state index in [1.807, 2.05) is 24.3 Å². The fourth-order valence-electron chi connectivity index (χ4n) is 2.56. The van der Waals surface area contributed by atoms with Crippen LogP contribution in [0.4, 0.5) is 5.69 Å². The summed E-state index contributed by atoms with van der Waals surface area (Å²) < 4.78 is 0. The number of hydrogen-bond donors (Lipinski definition) is 1. The van der Waals surface area contributed by atoms with Crippen molar-refractivity contribution >= 4 is 5.69 Å². The molecule has 0 radical (unpaired) electrons. The minimum absolute atomic E-state index is 0.290. The van der Waals surface area contributed by atoms with Crippen LogP contribution in [-0.2, 0) is 5.41 Å². The number of rotatable bonds is 1. The Morgan fingerprint density at radius 1 is 1.38 bits per heavy atom. The molecular formula is C14H18N2. The van der Waals surface area contributed by atoms with Crippen LogP contribution in [0, 0.1) is 17.2 Å². The summed E-state index contributed by atoms with van der Waals surface area (Å²) in [5.74, 6) is 0.752. The van der Waals surface area contributed by atoms with Crippen molar-refractivity contribution in [2.45, 2.75) is 38.0 Å². The van der Waals surface area contributed by atoms with E-state index in [2.05, 4.69) is 13.0 Å². The van der Waals surface area contributed by atoms with Crippen LogP contribution in [0.2, 0.25) is 0 Å². The molecule has 2 nitrogen and oxygen atoms in total. The van der Waals surface area contributed by atoms with E-state index in [0.717, 1.165) is 42.9 Å². The molecule has 2 N–H and O–H groups in total. The van der Waals surface area contributed by atoms with Gasteiger partial charge in [-0.1, -0.05) is 19.1 Å². The highest BCUT2D eigenvalue weighted by Gasteiger charge is 2.35. The molecule has 2 rings (SSSR count). The van der Waals surface area contributed by atoms with E-state index in [-0.39, 0.29) is 5.41 Å². The lowest BCUT2D eigenvalue weighted by Gasteiger charge is -2.34. The number of nitrogen functional groups attached to an aromatic ring is 1. The second kappa shape index (κ2) is 4.17. The Kier molecular flexibility index (Phi) is 2.87. The van der Waals surface area contributed by atoms with Gasteiger partial charge in [0, 0.05) is 5.69 Å². The molecule has 0 aromatic heterocycles. The van der Waals surface area contributed by atoms with Crippen molar-refractivity contribution in [3.8, 4) is 6.07 Å². The van der Waals surface area contributed by atoms with Gasteiger partial charge in [0.25, 0.3) is 0 Å². The van der Waals surface area contributed by atoms with Gasteiger partial charge in [0.2, 0.25) is 0 Å². The van der Waals surface area contributed by atoms with Crippen LogP contribution in [0.5, 0.6) is 0 Å². The molecule has 1 aromatic carbocycles. The van der Waals surface area contributed by atoms with Gasteiger partial charge in [0.15, 0.2) is 0 Å². The standard InChI is InChI=1S/C14H18N2/c1-11-5-7-14(10-15,8-6-11)12-3-2-4-13(16)9-12/h2-4,9,11H,5-8,16H2,1H3. The van der Waals surface area contributed by atoms with E-state index >= 15 is 0 Å². The van der Waals surface area contributed by atoms with E-state index in [1.54, 1.807) is 0 Å². The molecule has 1 saturated carbocycles. The van der Waals surface area contributed by atoms with E-state index in [4.69, 9.17) is 5.73 Å².